The van der Waals surface area contributed by atoms with Crippen molar-refractivity contribution in [2.45, 2.75) is 211 Å². The second kappa shape index (κ2) is 42.9. The van der Waals surface area contributed by atoms with Crippen LogP contribution in [-0.4, -0.2) is 153 Å². The first-order chi connectivity index (χ1) is 58.5. The van der Waals surface area contributed by atoms with Gasteiger partial charge in [-0.3, -0.25) is 54.8 Å². The van der Waals surface area contributed by atoms with E-state index in [0.717, 1.165) is 37.5 Å². The van der Waals surface area contributed by atoms with E-state index in [4.69, 9.17) is 24.1 Å². The summed E-state index contributed by atoms with van der Waals surface area (Å²) in [4.78, 5) is 167. The Morgan fingerprint density at radius 1 is 0.317 bits per heavy atom. The van der Waals surface area contributed by atoms with Crippen molar-refractivity contribution in [3.63, 3.8) is 0 Å². The molecule has 0 bridgehead atoms. The number of pyridine rings is 4. The average Bonchev–Trinajstić information content (AvgIpc) is 0.806. The van der Waals surface area contributed by atoms with E-state index in [-0.39, 0.29) is 83.4 Å². The van der Waals surface area contributed by atoms with Gasteiger partial charge in [0.1, 0.15) is 80.6 Å². The molecule has 0 saturated carbocycles. The van der Waals surface area contributed by atoms with Crippen LogP contribution in [0, 0.1) is 80.4 Å². The summed E-state index contributed by atoms with van der Waals surface area (Å²) in [5, 5.41) is 28.3. The third-order valence-electron chi connectivity index (χ3n) is 18.6. The van der Waals surface area contributed by atoms with Crippen LogP contribution in [0.4, 0.5) is 91.5 Å². The van der Waals surface area contributed by atoms with Crippen molar-refractivity contribution < 1.29 is 108 Å². The molecule has 10 rings (SSSR count). The number of likely N-dealkylation sites (tertiary alicyclic amines) is 3. The molecule has 3 aliphatic rings. The second-order valence-electron chi connectivity index (χ2n) is 34.8. The van der Waals surface area contributed by atoms with Crippen molar-refractivity contribution in [1.82, 2.24) is 34.6 Å². The largest absolute Gasteiger partial charge is 0.474 e. The number of amides is 11. The molecule has 2 unspecified atom stereocenters. The van der Waals surface area contributed by atoms with Gasteiger partial charge in [0.2, 0.25) is 0 Å². The number of piperidine rings is 3. The molecule has 3 saturated heterocycles. The van der Waals surface area contributed by atoms with Gasteiger partial charge in [-0.05, 0) is 267 Å². The van der Waals surface area contributed by atoms with Crippen LogP contribution < -0.4 is 42.5 Å². The van der Waals surface area contributed by atoms with Gasteiger partial charge in [0.15, 0.2) is 0 Å². The fourth-order valence-corrected chi connectivity index (χ4v) is 13.3. The highest BCUT2D eigenvalue weighted by atomic mass is 19.2. The Morgan fingerprint density at radius 3 is 0.698 bits per heavy atom. The minimum atomic E-state index is -1.59. The molecule has 0 radical (unpaired) electrons. The number of anilines is 8. The number of ether oxygens (including phenoxy) is 4. The highest BCUT2D eigenvalue weighted by molar-refractivity contribution is 6.41. The van der Waals surface area contributed by atoms with E-state index in [1.807, 2.05) is 20.8 Å². The summed E-state index contributed by atoms with van der Waals surface area (Å²) in [5.41, 5.74) is 1.45. The third-order valence-corrected chi connectivity index (χ3v) is 18.6. The molecule has 3 aromatic carbocycles. The van der Waals surface area contributed by atoms with Crippen LogP contribution >= 0.6 is 0 Å². The summed E-state index contributed by atoms with van der Waals surface area (Å²) in [5.74, 6) is -10.9. The quantitative estimate of drug-likeness (QED) is 0.0330. The van der Waals surface area contributed by atoms with Crippen LogP contribution in [0.1, 0.15) is 199 Å². The lowest BCUT2D eigenvalue weighted by atomic mass is 9.89. The Balaban J connectivity index is 0.000000234. The number of nitrogens with zero attached hydrogens (tertiary/aromatic N) is 7. The highest BCUT2D eigenvalue weighted by Crippen LogP contribution is 2.38. The van der Waals surface area contributed by atoms with Gasteiger partial charge < -0.3 is 60.0 Å². The second-order valence-corrected chi connectivity index (χ2v) is 34.8. The molecule has 0 aliphatic carbocycles. The first-order valence-electron chi connectivity index (χ1n) is 40.2. The van der Waals surface area contributed by atoms with Gasteiger partial charge in [-0.15, -0.1) is 0 Å². The Labute approximate surface area is 725 Å². The Morgan fingerprint density at radius 2 is 0.516 bits per heavy atom. The van der Waals surface area contributed by atoms with Gasteiger partial charge in [0.05, 0.1) is 65.7 Å². The SMILES string of the molecule is Cc1cc(NC(=O)C(=O)N2CC(C)CCC2c2cc(F)cc(F)c2)cnc1NC(=O)OC(C)(C)C.Cc1cc(NC(=O)C(=O)N2C[C@@H](C)CC[C@@H]2c2cc(F)cc(F)c2)cnc1NC(=O)OC(C)(C)C.Cc1cc(NC(=O)C(=O)N2C[C@H](C)CC[C@H]2c2cc(F)cc(F)c2)cnc1NC(=O)OC(C)(C)C.Cc1cc(NC(=O)C(=O)O)cnc1NC(=O)OC(C)(C)C. The molecule has 9 N–H and O–H groups in total. The monoisotopic (exact) mass is 1760 g/mol. The van der Waals surface area contributed by atoms with Crippen molar-refractivity contribution in [3.8, 4) is 0 Å². The number of carbonyl (C=O) groups excluding carboxylic acids is 11. The van der Waals surface area contributed by atoms with E-state index in [9.17, 15) is 83.9 Å². The van der Waals surface area contributed by atoms with Gasteiger partial charge >= 0.3 is 71.7 Å². The number of rotatable bonds is 11. The van der Waals surface area contributed by atoms with Crippen LogP contribution in [0.25, 0.3) is 0 Å². The standard InChI is InChI=1S/3C25H30F2N4O4.C13H17N3O5/c3*1-14-6-7-20(16-9-17(26)11-18(27)10-16)31(13-14)23(33)22(32)29-19-8-15(2)21(28-12-19)30-24(34)35-25(3,4)5;1-7-5-8(15-10(17)11(18)19)6-14-9(7)16-12(20)21-13(2,3)4/h3*8-12,14,20H,6-7,13H2,1-5H3,(H,29,32)(H,28,30,34);5-6H,1-4H3,(H,15,17)(H,18,19)(H,14,16,20)/t2*14-,20+;;/m10../s1. The molecule has 11 amide bonds. The number of hydrogen-bond donors (Lipinski definition) is 9. The summed E-state index contributed by atoms with van der Waals surface area (Å²) in [6.07, 6.45) is 6.21. The number of carboxylic acid groups (broad SMARTS) is 1. The molecule has 7 aromatic rings. The molecule has 7 heterocycles. The number of aliphatic carboxylic acids is 1. The fraction of sp³-hybridized carbons (Fsp3) is 0.432. The average molecular weight is 1760 g/mol. The number of aryl methyl sites for hydroxylation is 4. The molecule has 126 heavy (non-hydrogen) atoms. The van der Waals surface area contributed by atoms with Crippen LogP contribution in [0.2, 0.25) is 0 Å². The molecule has 6 atom stereocenters. The molecule has 3 fully saturated rings. The zero-order valence-electron chi connectivity index (χ0n) is 73.5. The smallest absolute Gasteiger partial charge is 0.413 e. The van der Waals surface area contributed by atoms with Crippen LogP contribution in [0.15, 0.2) is 104 Å². The molecular weight excluding hydrogens is 1650 g/mol. The number of carboxylic acids is 1. The van der Waals surface area contributed by atoms with Gasteiger partial charge in [-0.2, -0.15) is 0 Å². The third kappa shape index (κ3) is 31.5. The molecule has 38 heteroatoms. The minimum absolute atomic E-state index is 0.128. The van der Waals surface area contributed by atoms with Crippen LogP contribution in [0.3, 0.4) is 0 Å². The van der Waals surface area contributed by atoms with Gasteiger partial charge in [0, 0.05) is 37.8 Å². The summed E-state index contributed by atoms with van der Waals surface area (Å²) in [6, 6.07) is 13.7. The summed E-state index contributed by atoms with van der Waals surface area (Å²) in [6.45, 7) is 34.2. The lowest BCUT2D eigenvalue weighted by Crippen LogP contribution is -2.46. The molecule has 678 valence electrons. The summed E-state index contributed by atoms with van der Waals surface area (Å²) in [7, 11) is 0. The van der Waals surface area contributed by atoms with Gasteiger partial charge in [0.25, 0.3) is 0 Å². The molecular formula is C88H107F6N15O17. The predicted octanol–water partition coefficient (Wildman–Crippen LogP) is 16.6. The first-order valence-corrected chi connectivity index (χ1v) is 40.2. The Hall–Kier alpha value is -13.3. The number of hydrogen-bond acceptors (Lipinski definition) is 20. The van der Waals surface area contributed by atoms with Crippen molar-refractivity contribution in [2.24, 2.45) is 17.8 Å². The summed E-state index contributed by atoms with van der Waals surface area (Å²) >= 11 is 0. The van der Waals surface area contributed by atoms with Crippen LogP contribution in [-0.2, 0) is 57.3 Å². The lowest BCUT2D eigenvalue weighted by Gasteiger charge is -2.38. The molecule has 0 spiro atoms. The molecule has 4 aromatic heterocycles. The van der Waals surface area contributed by atoms with Crippen molar-refractivity contribution in [2.75, 3.05) is 62.2 Å². The van der Waals surface area contributed by atoms with E-state index >= 15 is 0 Å². The van der Waals surface area contributed by atoms with Crippen molar-refractivity contribution in [1.29, 1.82) is 0 Å². The molecule has 3 aliphatic heterocycles. The van der Waals surface area contributed by atoms with Gasteiger partial charge in [-0.25, -0.2) is 70.3 Å². The zero-order chi connectivity index (χ0) is 93.9. The maximum atomic E-state index is 13.8. The highest BCUT2D eigenvalue weighted by Gasteiger charge is 2.39. The fourth-order valence-electron chi connectivity index (χ4n) is 13.3. The molecule has 32 nitrogen and oxygen atoms in total. The number of nitrogens with one attached hydrogen (secondary N) is 8. The van der Waals surface area contributed by atoms with E-state index < -0.39 is 147 Å². The number of benzene rings is 3. The Bertz CT molecular complexity index is 4750. The minimum Gasteiger partial charge on any atom is -0.474 e. The maximum absolute atomic E-state index is 13.8. The number of halogens is 6. The number of aromatic nitrogens is 4. The van der Waals surface area contributed by atoms with E-state index in [1.54, 1.807) is 129 Å². The van der Waals surface area contributed by atoms with E-state index in [2.05, 4.69) is 62.5 Å². The maximum Gasteiger partial charge on any atom is 0.413 e. The normalized spacial score (nSPS) is 16.8. The van der Waals surface area contributed by atoms with Crippen LogP contribution in [0.5, 0.6) is 0 Å². The van der Waals surface area contributed by atoms with E-state index in [0.29, 0.717) is 58.2 Å². The number of carbonyl (C=O) groups is 12. The van der Waals surface area contributed by atoms with Crippen molar-refractivity contribution in [3.05, 3.63) is 177 Å². The Kier molecular flexibility index (Phi) is 33.9. The lowest BCUT2D eigenvalue weighted by molar-refractivity contribution is -0.147. The summed E-state index contributed by atoms with van der Waals surface area (Å²) < 4.78 is 103. The van der Waals surface area contributed by atoms with Crippen molar-refractivity contribution >= 4 is 118 Å². The van der Waals surface area contributed by atoms with Gasteiger partial charge in [-0.1, -0.05) is 20.8 Å². The predicted molar refractivity (Wildman–Crippen MR) is 455 cm³/mol. The van der Waals surface area contributed by atoms with E-state index in [1.165, 1.54) is 82.0 Å². The first kappa shape index (κ1) is 99.8. The zero-order valence-corrected chi connectivity index (χ0v) is 73.5. The topological polar surface area (TPSA) is 420 Å².